The molecule has 0 bridgehead atoms. The molecular weight excluding hydrogens is 568 g/mol. The Kier molecular flexibility index (Phi) is 7.33. The molecule has 2 N–H and O–H groups in total. The van der Waals surface area contributed by atoms with Crippen molar-refractivity contribution in [2.45, 2.75) is 13.1 Å². The van der Waals surface area contributed by atoms with Gasteiger partial charge in [0.05, 0.1) is 4.92 Å². The maximum atomic E-state index is 13.2. The molecule has 0 aliphatic rings. The molecule has 0 unspecified atom stereocenters. The smallest absolute Gasteiger partial charge is 0.281 e. The number of carbonyl (C=O) groups excluding carboxylic acids is 1. The van der Waals surface area contributed by atoms with Crippen LogP contribution >= 0.6 is 31.9 Å². The summed E-state index contributed by atoms with van der Waals surface area (Å²) in [5, 5.41) is 21.7. The fraction of sp³-hybridized carbons (Fsp3) is 0.0870. The van der Waals surface area contributed by atoms with E-state index in [4.69, 9.17) is 0 Å². The Morgan fingerprint density at radius 2 is 1.50 bits per heavy atom. The Balaban J connectivity index is 1.59. The molecule has 11 heteroatoms. The van der Waals surface area contributed by atoms with Gasteiger partial charge in [0.1, 0.15) is 0 Å². The number of nitrogens with one attached hydrogen (secondary N) is 2. The van der Waals surface area contributed by atoms with E-state index in [0.29, 0.717) is 13.1 Å². The predicted octanol–water partition coefficient (Wildman–Crippen LogP) is 5.62. The molecule has 172 valence electrons. The Labute approximate surface area is 211 Å². The Hall–Kier alpha value is -3.57. The number of hydrogen-bond acceptors (Lipinski definition) is 7. The van der Waals surface area contributed by atoms with Gasteiger partial charge in [-0.2, -0.15) is 9.67 Å². The van der Waals surface area contributed by atoms with Crippen LogP contribution in [0, 0.1) is 10.1 Å². The molecule has 1 aromatic heterocycles. The number of nitrogens with zero attached hydrogens (tertiary/aromatic N) is 4. The van der Waals surface area contributed by atoms with Crippen molar-refractivity contribution >= 4 is 55.4 Å². The van der Waals surface area contributed by atoms with Crippen LogP contribution in [0.2, 0.25) is 0 Å². The van der Waals surface area contributed by atoms with Gasteiger partial charge in [0.2, 0.25) is 11.9 Å². The number of rotatable bonds is 8. The van der Waals surface area contributed by atoms with E-state index >= 15 is 0 Å². The van der Waals surface area contributed by atoms with Crippen LogP contribution in [-0.2, 0) is 13.1 Å². The molecule has 9 nitrogen and oxygen atoms in total. The minimum atomic E-state index is -0.546. The van der Waals surface area contributed by atoms with E-state index in [1.807, 2.05) is 48.5 Å². The van der Waals surface area contributed by atoms with Crippen LogP contribution in [0.15, 0.2) is 81.7 Å². The quantitative estimate of drug-likeness (QED) is 0.203. The van der Waals surface area contributed by atoms with Crippen LogP contribution in [0.4, 0.5) is 17.6 Å². The van der Waals surface area contributed by atoms with Gasteiger partial charge in [0.15, 0.2) is 0 Å². The van der Waals surface area contributed by atoms with Crippen molar-refractivity contribution in [2.75, 3.05) is 10.6 Å². The zero-order valence-electron chi connectivity index (χ0n) is 17.6. The molecule has 34 heavy (non-hydrogen) atoms. The van der Waals surface area contributed by atoms with Crippen molar-refractivity contribution in [3.05, 3.63) is 109 Å². The summed E-state index contributed by atoms with van der Waals surface area (Å²) in [6, 6.07) is 21.0. The second kappa shape index (κ2) is 10.6. The van der Waals surface area contributed by atoms with Crippen LogP contribution in [0.3, 0.4) is 0 Å². The van der Waals surface area contributed by atoms with Crippen molar-refractivity contribution < 1.29 is 9.72 Å². The summed E-state index contributed by atoms with van der Waals surface area (Å²) in [5.74, 6) is -0.0658. The van der Waals surface area contributed by atoms with Crippen LogP contribution in [0.1, 0.15) is 21.5 Å². The molecule has 0 saturated carbocycles. The third kappa shape index (κ3) is 5.86. The SMILES string of the molecule is O=C(c1cccc([N+](=O)[O-])c1)n1nc(NCc2ccc(Br)cc2)nc1NCc1ccc(Br)cc1. The summed E-state index contributed by atoms with van der Waals surface area (Å²) in [6.45, 7) is 0.856. The number of non-ortho nitro benzene ring substituents is 1. The first-order chi connectivity index (χ1) is 16.4. The molecule has 1 heterocycles. The van der Waals surface area contributed by atoms with Crippen molar-refractivity contribution in [3.63, 3.8) is 0 Å². The van der Waals surface area contributed by atoms with Crippen LogP contribution in [0.25, 0.3) is 0 Å². The molecular formula is C23H18Br2N6O3. The van der Waals surface area contributed by atoms with E-state index in [1.165, 1.54) is 24.3 Å². The third-order valence-corrected chi connectivity index (χ3v) is 5.89. The summed E-state index contributed by atoms with van der Waals surface area (Å²) in [7, 11) is 0. The van der Waals surface area contributed by atoms with Gasteiger partial charge in [0, 0.05) is 39.7 Å². The zero-order valence-corrected chi connectivity index (χ0v) is 20.8. The fourth-order valence-electron chi connectivity index (χ4n) is 3.08. The second-order valence-corrected chi connectivity index (χ2v) is 9.07. The van der Waals surface area contributed by atoms with E-state index in [0.717, 1.165) is 24.8 Å². The van der Waals surface area contributed by atoms with E-state index in [-0.39, 0.29) is 23.1 Å². The average molecular weight is 586 g/mol. The maximum absolute atomic E-state index is 13.2. The van der Waals surface area contributed by atoms with Crippen molar-refractivity contribution in [1.29, 1.82) is 0 Å². The van der Waals surface area contributed by atoms with Gasteiger partial charge in [-0.25, -0.2) is 0 Å². The minimum Gasteiger partial charge on any atom is -0.350 e. The van der Waals surface area contributed by atoms with Crippen molar-refractivity contribution in [1.82, 2.24) is 14.8 Å². The topological polar surface area (TPSA) is 115 Å². The first kappa shape index (κ1) is 23.6. The highest BCUT2D eigenvalue weighted by Crippen LogP contribution is 2.19. The number of carbonyl (C=O) groups is 1. The molecule has 0 amide bonds. The standard InChI is InChI=1S/C23H18Br2N6O3/c24-18-8-4-15(5-9-18)13-26-22-28-23(27-14-16-6-10-19(25)11-7-16)30(29-22)21(32)17-2-1-3-20(12-17)31(33)34/h1-12H,13-14H2,(H2,26,27,28,29). The summed E-state index contributed by atoms with van der Waals surface area (Å²) in [6.07, 6.45) is 0. The lowest BCUT2D eigenvalue weighted by Gasteiger charge is -2.07. The summed E-state index contributed by atoms with van der Waals surface area (Å²) in [4.78, 5) is 28.2. The average Bonchev–Trinajstić information content (AvgIpc) is 3.26. The molecule has 3 aromatic carbocycles. The molecule has 0 saturated heterocycles. The highest BCUT2D eigenvalue weighted by molar-refractivity contribution is 9.10. The van der Waals surface area contributed by atoms with Gasteiger partial charge in [0.25, 0.3) is 11.6 Å². The van der Waals surface area contributed by atoms with Crippen LogP contribution in [0.5, 0.6) is 0 Å². The lowest BCUT2D eigenvalue weighted by molar-refractivity contribution is -0.384. The number of aromatic nitrogens is 3. The fourth-order valence-corrected chi connectivity index (χ4v) is 3.61. The molecule has 0 spiro atoms. The number of halogens is 2. The number of benzene rings is 3. The van der Waals surface area contributed by atoms with Gasteiger partial charge < -0.3 is 10.6 Å². The van der Waals surface area contributed by atoms with Crippen molar-refractivity contribution in [3.8, 4) is 0 Å². The first-order valence-electron chi connectivity index (χ1n) is 10.1. The highest BCUT2D eigenvalue weighted by atomic mass is 79.9. The lowest BCUT2D eigenvalue weighted by Crippen LogP contribution is -2.18. The zero-order chi connectivity index (χ0) is 24.1. The highest BCUT2D eigenvalue weighted by Gasteiger charge is 2.20. The number of nitro benzene ring substituents is 1. The number of hydrogen-bond donors (Lipinski definition) is 2. The monoisotopic (exact) mass is 584 g/mol. The molecule has 0 aliphatic carbocycles. The summed E-state index contributed by atoms with van der Waals surface area (Å²) in [5.41, 5.74) is 1.94. The molecule has 4 rings (SSSR count). The van der Waals surface area contributed by atoms with Gasteiger partial charge in [-0.1, -0.05) is 62.2 Å². The van der Waals surface area contributed by atoms with E-state index in [2.05, 4.69) is 52.6 Å². The molecule has 0 fully saturated rings. The molecule has 0 radical (unpaired) electrons. The molecule has 4 aromatic rings. The Bertz CT molecular complexity index is 1320. The van der Waals surface area contributed by atoms with Crippen LogP contribution < -0.4 is 10.6 Å². The molecule has 0 atom stereocenters. The molecule has 0 aliphatic heterocycles. The maximum Gasteiger partial charge on any atom is 0.281 e. The summed E-state index contributed by atoms with van der Waals surface area (Å²) < 4.78 is 3.04. The minimum absolute atomic E-state index is 0.130. The van der Waals surface area contributed by atoms with Crippen molar-refractivity contribution in [2.24, 2.45) is 0 Å². The largest absolute Gasteiger partial charge is 0.350 e. The predicted molar refractivity (Wildman–Crippen MR) is 136 cm³/mol. The van der Waals surface area contributed by atoms with Gasteiger partial charge >= 0.3 is 0 Å². The van der Waals surface area contributed by atoms with Gasteiger partial charge in [-0.15, -0.1) is 5.10 Å². The second-order valence-electron chi connectivity index (χ2n) is 7.24. The third-order valence-electron chi connectivity index (χ3n) is 4.83. The van der Waals surface area contributed by atoms with E-state index in [1.54, 1.807) is 0 Å². The number of anilines is 2. The Morgan fingerprint density at radius 3 is 2.09 bits per heavy atom. The van der Waals surface area contributed by atoms with E-state index in [9.17, 15) is 14.9 Å². The van der Waals surface area contributed by atoms with Crippen LogP contribution in [-0.4, -0.2) is 25.6 Å². The summed E-state index contributed by atoms with van der Waals surface area (Å²) >= 11 is 6.82. The number of nitro groups is 1. The lowest BCUT2D eigenvalue weighted by atomic mass is 10.2. The normalized spacial score (nSPS) is 10.6. The Morgan fingerprint density at radius 1 is 0.912 bits per heavy atom. The van der Waals surface area contributed by atoms with Gasteiger partial charge in [-0.3, -0.25) is 14.9 Å². The van der Waals surface area contributed by atoms with E-state index < -0.39 is 10.8 Å². The van der Waals surface area contributed by atoms with Gasteiger partial charge in [-0.05, 0) is 41.5 Å². The first-order valence-corrected chi connectivity index (χ1v) is 11.7.